The van der Waals surface area contributed by atoms with Crippen LogP contribution < -0.4 is 11.2 Å². The normalized spacial score (nSPS) is 18.6. The maximum absolute atomic E-state index is 12.0. The van der Waals surface area contributed by atoms with Gasteiger partial charge in [0.05, 0.1) is 0 Å². The first-order chi connectivity index (χ1) is 12.0. The Morgan fingerprint density at radius 3 is 2.76 bits per heavy atom. The highest BCUT2D eigenvalue weighted by molar-refractivity contribution is 4.96. The topological polar surface area (TPSA) is 75.9 Å². The third-order valence-electron chi connectivity index (χ3n) is 5.14. The SMILES string of the molecule is Cc1cc(=O)n(CCN2CCCCC2CCn2ccnc2C)c(=O)[nH]1. The van der Waals surface area contributed by atoms with Crippen molar-refractivity contribution in [3.63, 3.8) is 0 Å². The Morgan fingerprint density at radius 1 is 1.20 bits per heavy atom. The molecule has 1 fully saturated rings. The fraction of sp³-hybridized carbons (Fsp3) is 0.611. The van der Waals surface area contributed by atoms with Crippen molar-refractivity contribution >= 4 is 0 Å². The number of aromatic nitrogens is 4. The van der Waals surface area contributed by atoms with Gasteiger partial charge in [-0.25, -0.2) is 9.78 Å². The molecule has 0 bridgehead atoms. The van der Waals surface area contributed by atoms with E-state index >= 15 is 0 Å². The monoisotopic (exact) mass is 345 g/mol. The molecule has 136 valence electrons. The predicted octanol–water partition coefficient (Wildman–Crippen LogP) is 1.29. The second-order valence-corrected chi connectivity index (χ2v) is 6.89. The Morgan fingerprint density at radius 2 is 2.04 bits per heavy atom. The highest BCUT2D eigenvalue weighted by Crippen LogP contribution is 2.20. The fourth-order valence-corrected chi connectivity index (χ4v) is 3.69. The summed E-state index contributed by atoms with van der Waals surface area (Å²) in [5.74, 6) is 1.04. The summed E-state index contributed by atoms with van der Waals surface area (Å²) >= 11 is 0. The molecule has 1 unspecified atom stereocenters. The molecule has 0 spiro atoms. The molecule has 0 aromatic carbocycles. The van der Waals surface area contributed by atoms with Crippen molar-refractivity contribution in [2.24, 2.45) is 0 Å². The first-order valence-corrected chi connectivity index (χ1v) is 9.07. The van der Waals surface area contributed by atoms with E-state index in [-0.39, 0.29) is 11.2 Å². The van der Waals surface area contributed by atoms with Crippen LogP contribution in [-0.4, -0.2) is 43.1 Å². The molecule has 3 heterocycles. The molecule has 1 N–H and O–H groups in total. The number of likely N-dealkylation sites (tertiary alicyclic amines) is 1. The third-order valence-corrected chi connectivity index (χ3v) is 5.14. The number of nitrogens with one attached hydrogen (secondary N) is 1. The third kappa shape index (κ3) is 4.28. The van der Waals surface area contributed by atoms with Crippen LogP contribution in [0.5, 0.6) is 0 Å². The lowest BCUT2D eigenvalue weighted by molar-refractivity contribution is 0.130. The van der Waals surface area contributed by atoms with E-state index in [1.807, 2.05) is 19.3 Å². The molecule has 0 radical (unpaired) electrons. The maximum Gasteiger partial charge on any atom is 0.328 e. The summed E-state index contributed by atoms with van der Waals surface area (Å²) in [6, 6.07) is 1.98. The zero-order valence-corrected chi connectivity index (χ0v) is 15.1. The number of rotatable bonds is 6. The van der Waals surface area contributed by atoms with E-state index in [1.54, 1.807) is 6.92 Å². The molecule has 2 aromatic rings. The zero-order chi connectivity index (χ0) is 17.8. The van der Waals surface area contributed by atoms with Gasteiger partial charge in [-0.05, 0) is 39.7 Å². The van der Waals surface area contributed by atoms with Gasteiger partial charge in [-0.3, -0.25) is 14.3 Å². The molecule has 7 nitrogen and oxygen atoms in total. The summed E-state index contributed by atoms with van der Waals surface area (Å²) in [7, 11) is 0. The average molecular weight is 345 g/mol. The Bertz CT molecular complexity index is 788. The molecule has 1 aliphatic rings. The highest BCUT2D eigenvalue weighted by Gasteiger charge is 2.22. The van der Waals surface area contributed by atoms with Crippen LogP contribution in [0.3, 0.4) is 0 Å². The number of H-pyrrole nitrogens is 1. The summed E-state index contributed by atoms with van der Waals surface area (Å²) < 4.78 is 3.49. The van der Waals surface area contributed by atoms with E-state index in [0.29, 0.717) is 18.3 Å². The smallest absolute Gasteiger partial charge is 0.328 e. The minimum atomic E-state index is -0.312. The van der Waals surface area contributed by atoms with Crippen LogP contribution >= 0.6 is 0 Å². The summed E-state index contributed by atoms with van der Waals surface area (Å²) in [4.78, 5) is 33.5. The van der Waals surface area contributed by atoms with Gasteiger partial charge >= 0.3 is 5.69 Å². The second kappa shape index (κ2) is 7.82. The van der Waals surface area contributed by atoms with Crippen LogP contribution in [0.4, 0.5) is 0 Å². The van der Waals surface area contributed by atoms with E-state index in [0.717, 1.165) is 31.9 Å². The van der Waals surface area contributed by atoms with Crippen LogP contribution in [0.15, 0.2) is 28.0 Å². The lowest BCUT2D eigenvalue weighted by atomic mass is 9.99. The number of nitrogens with zero attached hydrogens (tertiary/aromatic N) is 4. The number of hydrogen-bond acceptors (Lipinski definition) is 4. The lowest BCUT2D eigenvalue weighted by Crippen LogP contribution is -2.44. The summed E-state index contributed by atoms with van der Waals surface area (Å²) in [6.07, 6.45) is 8.52. The van der Waals surface area contributed by atoms with Crippen molar-refractivity contribution in [3.05, 3.63) is 50.8 Å². The Hall–Kier alpha value is -2.15. The molecule has 1 atom stereocenters. The second-order valence-electron chi connectivity index (χ2n) is 6.89. The van der Waals surface area contributed by atoms with Crippen LogP contribution in [0.25, 0.3) is 0 Å². The molecular formula is C18H27N5O2. The first kappa shape index (κ1) is 17.7. The Kier molecular flexibility index (Phi) is 5.53. The van der Waals surface area contributed by atoms with Crippen LogP contribution in [0.2, 0.25) is 0 Å². The molecular weight excluding hydrogens is 318 g/mol. The fourth-order valence-electron chi connectivity index (χ4n) is 3.69. The molecule has 1 saturated heterocycles. The minimum absolute atomic E-state index is 0.219. The van der Waals surface area contributed by atoms with E-state index in [9.17, 15) is 9.59 Å². The van der Waals surface area contributed by atoms with Crippen molar-refractivity contribution in [3.8, 4) is 0 Å². The molecule has 3 rings (SSSR count). The van der Waals surface area contributed by atoms with Gasteiger partial charge < -0.3 is 9.55 Å². The molecule has 1 aliphatic heterocycles. The number of aryl methyl sites for hydroxylation is 3. The van der Waals surface area contributed by atoms with Crippen molar-refractivity contribution in [1.29, 1.82) is 0 Å². The van der Waals surface area contributed by atoms with Gasteiger partial charge in [0.2, 0.25) is 0 Å². The van der Waals surface area contributed by atoms with Crippen LogP contribution in [0.1, 0.15) is 37.2 Å². The summed E-state index contributed by atoms with van der Waals surface area (Å²) in [6.45, 7) is 6.92. The number of aromatic amines is 1. The van der Waals surface area contributed by atoms with E-state index in [4.69, 9.17) is 0 Å². The van der Waals surface area contributed by atoms with E-state index < -0.39 is 0 Å². The molecule has 0 saturated carbocycles. The minimum Gasteiger partial charge on any atom is -0.335 e. The van der Waals surface area contributed by atoms with E-state index in [1.165, 1.54) is 29.9 Å². The van der Waals surface area contributed by atoms with Crippen molar-refractivity contribution in [2.75, 3.05) is 13.1 Å². The van der Waals surface area contributed by atoms with Gasteiger partial charge in [0, 0.05) is 49.8 Å². The number of imidazole rings is 1. The van der Waals surface area contributed by atoms with Gasteiger partial charge in [-0.1, -0.05) is 6.42 Å². The highest BCUT2D eigenvalue weighted by atomic mass is 16.2. The average Bonchev–Trinajstić information content (AvgIpc) is 2.98. The molecule has 0 aliphatic carbocycles. The predicted molar refractivity (Wildman–Crippen MR) is 96.9 cm³/mol. The van der Waals surface area contributed by atoms with Gasteiger partial charge in [0.1, 0.15) is 5.82 Å². The number of hydrogen-bond donors (Lipinski definition) is 1. The molecule has 0 amide bonds. The molecule has 2 aromatic heterocycles. The largest absolute Gasteiger partial charge is 0.335 e. The number of piperidine rings is 1. The maximum atomic E-state index is 12.0. The van der Waals surface area contributed by atoms with Gasteiger partial charge in [0.15, 0.2) is 0 Å². The van der Waals surface area contributed by atoms with Gasteiger partial charge in [-0.15, -0.1) is 0 Å². The van der Waals surface area contributed by atoms with Gasteiger partial charge in [-0.2, -0.15) is 0 Å². The first-order valence-electron chi connectivity index (χ1n) is 9.07. The van der Waals surface area contributed by atoms with Gasteiger partial charge in [0.25, 0.3) is 5.56 Å². The summed E-state index contributed by atoms with van der Waals surface area (Å²) in [5.41, 5.74) is 0.0780. The van der Waals surface area contributed by atoms with Crippen LogP contribution in [0, 0.1) is 13.8 Å². The Balaban J connectivity index is 1.62. The van der Waals surface area contributed by atoms with Crippen molar-refractivity contribution < 1.29 is 0 Å². The van der Waals surface area contributed by atoms with Crippen molar-refractivity contribution in [1.82, 2.24) is 24.0 Å². The lowest BCUT2D eigenvalue weighted by Gasteiger charge is -2.36. The van der Waals surface area contributed by atoms with Crippen molar-refractivity contribution in [2.45, 2.75) is 58.7 Å². The van der Waals surface area contributed by atoms with E-state index in [2.05, 4.69) is 19.4 Å². The quantitative estimate of drug-likeness (QED) is 0.856. The molecule has 25 heavy (non-hydrogen) atoms. The Labute approximate surface area is 147 Å². The zero-order valence-electron chi connectivity index (χ0n) is 15.1. The molecule has 7 heteroatoms. The standard InChI is InChI=1S/C18H27N5O2/c1-14-13-17(24)23(18(25)20-14)12-11-22-8-4-3-5-16(22)6-9-21-10-7-19-15(21)2/h7,10,13,16H,3-6,8-9,11-12H2,1-2H3,(H,20,25). The van der Waals surface area contributed by atoms with Crippen LogP contribution in [-0.2, 0) is 13.1 Å². The summed E-state index contributed by atoms with van der Waals surface area (Å²) in [5, 5.41) is 0.